The molecule has 8 nitrogen and oxygen atoms in total. The molecule has 0 radical (unpaired) electrons. The maximum atomic E-state index is 12.7. The van der Waals surface area contributed by atoms with Gasteiger partial charge in [-0.2, -0.15) is 0 Å². The summed E-state index contributed by atoms with van der Waals surface area (Å²) in [7, 11) is 0. The first-order valence-electron chi connectivity index (χ1n) is 9.02. The minimum atomic E-state index is -0.709. The largest absolute Gasteiger partial charge is 0.492 e. The number of nitrogens with two attached hydrogens (primary N) is 1. The number of carbonyl (C=O) groups excluding carboxylic acids is 1. The average molecular weight is 369 g/mol. The third kappa shape index (κ3) is 3.42. The van der Waals surface area contributed by atoms with Gasteiger partial charge in [0.25, 0.3) is 5.91 Å². The van der Waals surface area contributed by atoms with Crippen LogP contribution in [0.4, 0.5) is 0 Å². The van der Waals surface area contributed by atoms with Gasteiger partial charge in [0.1, 0.15) is 17.1 Å². The molecule has 0 unspecified atom stereocenters. The van der Waals surface area contributed by atoms with Crippen molar-refractivity contribution < 1.29 is 9.53 Å². The highest BCUT2D eigenvalue weighted by molar-refractivity contribution is 6.01. The summed E-state index contributed by atoms with van der Waals surface area (Å²) in [6, 6.07) is 7.18. The van der Waals surface area contributed by atoms with E-state index in [-0.39, 0.29) is 17.1 Å². The molecule has 0 fully saturated rings. The summed E-state index contributed by atoms with van der Waals surface area (Å²) >= 11 is 0. The van der Waals surface area contributed by atoms with Gasteiger partial charge in [0.15, 0.2) is 11.3 Å². The number of aromatic nitrogens is 4. The first-order chi connectivity index (χ1) is 13.0. The number of hydrogen-bond acceptors (Lipinski definition) is 5. The Morgan fingerprint density at radius 1 is 1.30 bits per heavy atom. The Bertz CT molecular complexity index is 1040. The molecule has 0 aliphatic carbocycles. The number of carbonyl (C=O) groups is 1. The van der Waals surface area contributed by atoms with Crippen molar-refractivity contribution in [2.24, 2.45) is 5.73 Å². The van der Waals surface area contributed by atoms with Gasteiger partial charge >= 0.3 is 5.69 Å². The molecule has 0 saturated carbocycles. The van der Waals surface area contributed by atoms with E-state index in [1.165, 1.54) is 4.57 Å². The number of nitrogens with zero attached hydrogens (tertiary/aromatic N) is 3. The number of benzene rings is 1. The van der Waals surface area contributed by atoms with Gasteiger partial charge < -0.3 is 15.5 Å². The van der Waals surface area contributed by atoms with Crippen LogP contribution in [-0.4, -0.2) is 32.0 Å². The molecule has 0 saturated heterocycles. The van der Waals surface area contributed by atoms with Crippen LogP contribution in [0, 0.1) is 0 Å². The van der Waals surface area contributed by atoms with Crippen molar-refractivity contribution in [2.75, 3.05) is 6.61 Å². The third-order valence-corrected chi connectivity index (χ3v) is 4.36. The second-order valence-corrected chi connectivity index (χ2v) is 6.35. The minimum Gasteiger partial charge on any atom is -0.492 e. The molecule has 0 aliphatic heterocycles. The van der Waals surface area contributed by atoms with Crippen molar-refractivity contribution in [1.82, 2.24) is 19.5 Å². The predicted octanol–water partition coefficient (Wildman–Crippen LogP) is 2.51. The molecule has 1 amide bonds. The molecular formula is C19H23N5O3. The number of imidazole rings is 1. The van der Waals surface area contributed by atoms with Gasteiger partial charge in [-0.3, -0.25) is 4.79 Å². The first-order valence-corrected chi connectivity index (χ1v) is 9.02. The van der Waals surface area contributed by atoms with Gasteiger partial charge in [-0.1, -0.05) is 32.4 Å². The average Bonchev–Trinajstić information content (AvgIpc) is 2.97. The first kappa shape index (κ1) is 18.6. The number of amides is 1. The summed E-state index contributed by atoms with van der Waals surface area (Å²) < 4.78 is 7.05. The van der Waals surface area contributed by atoms with Gasteiger partial charge in [-0.15, -0.1) is 0 Å². The summed E-state index contributed by atoms with van der Waals surface area (Å²) in [5, 5.41) is 0. The fraction of sp³-hybridized carbons (Fsp3) is 0.368. The topological polar surface area (TPSA) is 116 Å². The Hall–Kier alpha value is -3.16. The van der Waals surface area contributed by atoms with Crippen LogP contribution in [-0.2, 0) is 0 Å². The number of para-hydroxylation sites is 2. The normalized spacial score (nSPS) is 12.3. The smallest absolute Gasteiger partial charge is 0.332 e. The van der Waals surface area contributed by atoms with Crippen LogP contribution in [0.25, 0.3) is 16.9 Å². The second kappa shape index (κ2) is 7.61. The van der Waals surface area contributed by atoms with Crippen molar-refractivity contribution in [3.63, 3.8) is 0 Å². The second-order valence-electron chi connectivity index (χ2n) is 6.35. The zero-order chi connectivity index (χ0) is 19.6. The van der Waals surface area contributed by atoms with E-state index >= 15 is 0 Å². The Labute approximate surface area is 156 Å². The highest BCUT2D eigenvalue weighted by Gasteiger charge is 2.22. The van der Waals surface area contributed by atoms with Crippen LogP contribution >= 0.6 is 0 Å². The molecule has 27 heavy (non-hydrogen) atoms. The fourth-order valence-electron chi connectivity index (χ4n) is 3.11. The Balaban J connectivity index is 2.33. The summed E-state index contributed by atoms with van der Waals surface area (Å²) in [6.45, 7) is 6.37. The standard InChI is InChI=1S/C19H23N5O3/c1-4-8-11(3)17-21-14(16(20)25)15-18(23-17)24(19(26)22-15)12-9-6-7-10-13(12)27-5-2/h6-7,9-11H,4-5,8H2,1-3H3,(H2,20,25)(H,22,26)/t11-/m1/s1. The Kier molecular flexibility index (Phi) is 5.25. The highest BCUT2D eigenvalue weighted by atomic mass is 16.5. The maximum absolute atomic E-state index is 12.7. The molecule has 2 aromatic heterocycles. The van der Waals surface area contributed by atoms with E-state index in [1.54, 1.807) is 18.2 Å². The lowest BCUT2D eigenvalue weighted by Gasteiger charge is -2.13. The minimum absolute atomic E-state index is 0.0164. The van der Waals surface area contributed by atoms with Crippen LogP contribution in [0.3, 0.4) is 0 Å². The van der Waals surface area contributed by atoms with Crippen LogP contribution in [0.5, 0.6) is 5.75 Å². The van der Waals surface area contributed by atoms with Crippen molar-refractivity contribution in [3.05, 3.63) is 46.3 Å². The molecule has 0 bridgehead atoms. The quantitative estimate of drug-likeness (QED) is 0.664. The molecule has 3 N–H and O–H groups in total. The zero-order valence-electron chi connectivity index (χ0n) is 15.7. The van der Waals surface area contributed by atoms with Crippen LogP contribution in [0.2, 0.25) is 0 Å². The molecule has 1 atom stereocenters. The van der Waals surface area contributed by atoms with Gasteiger partial charge in [-0.05, 0) is 25.5 Å². The van der Waals surface area contributed by atoms with Crippen molar-refractivity contribution in [2.45, 2.75) is 39.5 Å². The summed E-state index contributed by atoms with van der Waals surface area (Å²) in [5.74, 6) is 0.349. The van der Waals surface area contributed by atoms with E-state index in [0.717, 1.165) is 12.8 Å². The van der Waals surface area contributed by atoms with Crippen LogP contribution in [0.1, 0.15) is 55.8 Å². The molecule has 0 spiro atoms. The molecule has 3 rings (SSSR count). The third-order valence-electron chi connectivity index (χ3n) is 4.36. The molecule has 142 valence electrons. The molecule has 2 heterocycles. The van der Waals surface area contributed by atoms with Crippen molar-refractivity contribution in [3.8, 4) is 11.4 Å². The number of fused-ring (bicyclic) bond motifs is 1. The van der Waals surface area contributed by atoms with Gasteiger partial charge in [0.2, 0.25) is 0 Å². The summed E-state index contributed by atoms with van der Waals surface area (Å²) in [6.07, 6.45) is 1.80. The van der Waals surface area contributed by atoms with E-state index in [1.807, 2.05) is 19.9 Å². The van der Waals surface area contributed by atoms with E-state index in [0.29, 0.717) is 29.5 Å². The molecule has 0 aliphatic rings. The van der Waals surface area contributed by atoms with Crippen LogP contribution in [0.15, 0.2) is 29.1 Å². The Morgan fingerprint density at radius 2 is 2.04 bits per heavy atom. The summed E-state index contributed by atoms with van der Waals surface area (Å²) in [5.41, 5.74) is 6.18. The van der Waals surface area contributed by atoms with E-state index in [2.05, 4.69) is 21.9 Å². The number of rotatable bonds is 7. The van der Waals surface area contributed by atoms with Crippen LogP contribution < -0.4 is 16.2 Å². The number of hydrogen-bond donors (Lipinski definition) is 2. The SMILES string of the molecule is CCC[C@@H](C)c1nc(C(N)=O)c2[nH]c(=O)n(-c3ccccc3OCC)c2n1. The molecule has 3 aromatic rings. The number of nitrogens with one attached hydrogen (secondary N) is 1. The number of aromatic amines is 1. The lowest BCUT2D eigenvalue weighted by Crippen LogP contribution is -2.17. The van der Waals surface area contributed by atoms with Crippen molar-refractivity contribution >= 4 is 17.1 Å². The Morgan fingerprint density at radius 3 is 2.70 bits per heavy atom. The number of ether oxygens (including phenoxy) is 1. The number of H-pyrrole nitrogens is 1. The van der Waals surface area contributed by atoms with E-state index in [4.69, 9.17) is 10.5 Å². The van der Waals surface area contributed by atoms with Gasteiger partial charge in [-0.25, -0.2) is 19.3 Å². The molecular weight excluding hydrogens is 346 g/mol. The van der Waals surface area contributed by atoms with Gasteiger partial charge in [0, 0.05) is 5.92 Å². The lowest BCUT2D eigenvalue weighted by molar-refractivity contribution is 0.0996. The fourth-order valence-corrected chi connectivity index (χ4v) is 3.11. The highest BCUT2D eigenvalue weighted by Crippen LogP contribution is 2.26. The summed E-state index contributed by atoms with van der Waals surface area (Å²) in [4.78, 5) is 36.2. The van der Waals surface area contributed by atoms with E-state index < -0.39 is 11.6 Å². The predicted molar refractivity (Wildman–Crippen MR) is 102 cm³/mol. The molecule has 8 heteroatoms. The number of primary amides is 1. The van der Waals surface area contributed by atoms with E-state index in [9.17, 15) is 9.59 Å². The zero-order valence-corrected chi connectivity index (χ0v) is 15.7. The maximum Gasteiger partial charge on any atom is 0.332 e. The monoisotopic (exact) mass is 369 g/mol. The lowest BCUT2D eigenvalue weighted by atomic mass is 10.1. The van der Waals surface area contributed by atoms with Gasteiger partial charge in [0.05, 0.1) is 12.3 Å². The molecule has 1 aromatic carbocycles. The van der Waals surface area contributed by atoms with Crippen molar-refractivity contribution in [1.29, 1.82) is 0 Å².